The zero-order valence-corrected chi connectivity index (χ0v) is 24.4. The maximum absolute atomic E-state index is 12.9. The number of ether oxygens (including phenoxy) is 2. The van der Waals surface area contributed by atoms with Gasteiger partial charge in [0.05, 0.1) is 36.1 Å². The second-order valence-electron chi connectivity index (χ2n) is 11.8. The third kappa shape index (κ3) is 5.76. The summed E-state index contributed by atoms with van der Waals surface area (Å²) in [5.41, 5.74) is 2.04. The van der Waals surface area contributed by atoms with Gasteiger partial charge in [0.25, 0.3) is 0 Å². The predicted molar refractivity (Wildman–Crippen MR) is 147 cm³/mol. The Morgan fingerprint density at radius 3 is 2.62 bits per heavy atom. The predicted octanol–water partition coefficient (Wildman–Crippen LogP) is 5.32. The van der Waals surface area contributed by atoms with E-state index < -0.39 is 19.5 Å². The van der Waals surface area contributed by atoms with Crippen molar-refractivity contribution in [2.45, 2.75) is 72.7 Å². The number of rotatable bonds is 8. The highest BCUT2D eigenvalue weighted by Crippen LogP contribution is 2.44. The van der Waals surface area contributed by atoms with E-state index >= 15 is 0 Å². The number of nitrogens with zero attached hydrogens (tertiary/aromatic N) is 5. The number of hydrogen-bond acceptors (Lipinski definition) is 6. The largest absolute Gasteiger partial charge is 0.462 e. The van der Waals surface area contributed by atoms with Gasteiger partial charge in [0.2, 0.25) is 0 Å². The van der Waals surface area contributed by atoms with E-state index in [1.54, 1.807) is 24.0 Å². The summed E-state index contributed by atoms with van der Waals surface area (Å²) >= 11 is 6.90. The van der Waals surface area contributed by atoms with E-state index in [1.165, 1.54) is 6.07 Å². The summed E-state index contributed by atoms with van der Waals surface area (Å²) in [6, 6.07) is 2.48. The van der Waals surface area contributed by atoms with Crippen LogP contribution >= 0.6 is 11.6 Å². The summed E-state index contributed by atoms with van der Waals surface area (Å²) in [7, 11) is -1.16. The molecule has 0 saturated heterocycles. The molecule has 0 aromatic carbocycles. The van der Waals surface area contributed by atoms with Gasteiger partial charge in [-0.3, -0.25) is 9.48 Å². The van der Waals surface area contributed by atoms with Crippen molar-refractivity contribution in [3.05, 3.63) is 45.5 Å². The first-order chi connectivity index (χ1) is 17.3. The minimum absolute atomic E-state index is 0.0135. The zero-order chi connectivity index (χ0) is 27.1. The van der Waals surface area contributed by atoms with Crippen LogP contribution in [0.25, 0.3) is 22.6 Å². The Balaban J connectivity index is 1.70. The van der Waals surface area contributed by atoms with Crippen LogP contribution in [-0.4, -0.2) is 51.4 Å². The molecule has 0 amide bonds. The lowest BCUT2D eigenvalue weighted by Crippen LogP contribution is -2.35. The summed E-state index contributed by atoms with van der Waals surface area (Å²) in [5.74, 6) is -0.624. The fourth-order valence-corrected chi connectivity index (χ4v) is 5.49. The molecule has 0 bridgehead atoms. The van der Waals surface area contributed by atoms with Crippen LogP contribution in [-0.2, 0) is 22.7 Å². The molecular formula is C26H36ClN5O4Si. The Morgan fingerprint density at radius 2 is 1.97 bits per heavy atom. The Hall–Kier alpha value is -2.69. The van der Waals surface area contributed by atoms with E-state index in [4.69, 9.17) is 26.2 Å². The molecule has 3 aromatic heterocycles. The Morgan fingerprint density at radius 1 is 1.24 bits per heavy atom. The van der Waals surface area contributed by atoms with Crippen molar-refractivity contribution >= 4 is 25.6 Å². The van der Waals surface area contributed by atoms with Crippen molar-refractivity contribution in [3.8, 4) is 22.6 Å². The normalized spacial score (nSPS) is 15.4. The molecule has 0 unspecified atom stereocenters. The average Bonchev–Trinajstić information content (AvgIpc) is 3.39. The fraction of sp³-hybridized carbons (Fsp3) is 0.538. The molecule has 9 nitrogen and oxygen atoms in total. The number of aromatic nitrogens is 5. The van der Waals surface area contributed by atoms with Crippen molar-refractivity contribution in [1.29, 1.82) is 0 Å². The van der Waals surface area contributed by atoms with Gasteiger partial charge >= 0.3 is 5.97 Å². The number of hydrogen-bond donors (Lipinski definition) is 0. The maximum Gasteiger partial charge on any atom is 0.343 e. The van der Waals surface area contributed by atoms with Crippen molar-refractivity contribution < 1.29 is 14.3 Å². The topological polar surface area (TPSA) is 93.2 Å². The molecule has 0 radical (unpaired) electrons. The summed E-state index contributed by atoms with van der Waals surface area (Å²) in [4.78, 5) is 25.4. The highest BCUT2D eigenvalue weighted by molar-refractivity contribution is 6.76. The molecule has 200 valence electrons. The van der Waals surface area contributed by atoms with E-state index in [2.05, 4.69) is 45.5 Å². The van der Waals surface area contributed by atoms with Crippen molar-refractivity contribution in [2.75, 3.05) is 13.2 Å². The molecule has 1 aliphatic rings. The van der Waals surface area contributed by atoms with Crippen LogP contribution in [0.1, 0.15) is 44.1 Å². The number of carbonyl (C=O) groups is 1. The van der Waals surface area contributed by atoms with E-state index in [1.807, 2.05) is 15.4 Å². The number of pyridine rings is 1. The highest BCUT2D eigenvalue weighted by Gasteiger charge is 2.36. The fourth-order valence-electron chi connectivity index (χ4n) is 4.40. The summed E-state index contributed by atoms with van der Waals surface area (Å²) in [6.45, 7) is 16.8. The molecule has 0 aliphatic carbocycles. The number of halogens is 1. The van der Waals surface area contributed by atoms with Crippen molar-refractivity contribution in [2.24, 2.45) is 5.41 Å². The summed E-state index contributed by atoms with van der Waals surface area (Å²) in [6.07, 6.45) is 5.20. The van der Waals surface area contributed by atoms with Crippen LogP contribution in [0.4, 0.5) is 0 Å². The van der Waals surface area contributed by atoms with Gasteiger partial charge in [0.15, 0.2) is 5.43 Å². The molecule has 37 heavy (non-hydrogen) atoms. The molecule has 0 spiro atoms. The van der Waals surface area contributed by atoms with E-state index in [0.29, 0.717) is 42.0 Å². The first-order valence-corrected chi connectivity index (χ1v) is 16.7. The van der Waals surface area contributed by atoms with Gasteiger partial charge in [-0.05, 0) is 18.4 Å². The SMILES string of the molecule is CCOC(=O)c1cn2c(cc1=O)-c1c(Cl)c(-c3cnn(COCC[Si](C)(C)C)c3)nn1C[C@H]2C(C)(C)C. The highest BCUT2D eigenvalue weighted by atomic mass is 35.5. The lowest BCUT2D eigenvalue weighted by Gasteiger charge is -2.38. The molecule has 0 N–H and O–H groups in total. The van der Waals surface area contributed by atoms with Gasteiger partial charge in [-0.15, -0.1) is 0 Å². The second-order valence-corrected chi connectivity index (χ2v) is 17.8. The number of esters is 1. The van der Waals surface area contributed by atoms with Crippen LogP contribution < -0.4 is 5.43 Å². The quantitative estimate of drug-likeness (QED) is 0.216. The molecule has 3 aromatic rings. The van der Waals surface area contributed by atoms with Crippen LogP contribution in [0.15, 0.2) is 29.5 Å². The van der Waals surface area contributed by atoms with E-state index in [0.717, 1.165) is 11.6 Å². The number of fused-ring (bicyclic) bond motifs is 3. The Kier molecular flexibility index (Phi) is 7.56. The van der Waals surface area contributed by atoms with Gasteiger partial charge in [-0.2, -0.15) is 10.2 Å². The van der Waals surface area contributed by atoms with Gasteiger partial charge in [-0.1, -0.05) is 52.0 Å². The van der Waals surface area contributed by atoms with Gasteiger partial charge in [-0.25, -0.2) is 9.48 Å². The lowest BCUT2D eigenvalue weighted by atomic mass is 9.85. The molecule has 0 fully saturated rings. The monoisotopic (exact) mass is 545 g/mol. The molecule has 4 heterocycles. The van der Waals surface area contributed by atoms with E-state index in [9.17, 15) is 9.59 Å². The molecule has 0 saturated carbocycles. The molecule has 1 atom stereocenters. The molecular weight excluding hydrogens is 510 g/mol. The van der Waals surface area contributed by atoms with Crippen LogP contribution in [0, 0.1) is 5.41 Å². The second kappa shape index (κ2) is 10.2. The molecule has 11 heteroatoms. The number of carbonyl (C=O) groups excluding carboxylic acids is 1. The first kappa shape index (κ1) is 27.3. The van der Waals surface area contributed by atoms with Crippen molar-refractivity contribution in [3.63, 3.8) is 0 Å². The van der Waals surface area contributed by atoms with Crippen LogP contribution in [0.3, 0.4) is 0 Å². The standard InChI is InChI=1S/C26H36ClN5O4Si/c1-8-36-25(34)18-14-31-19(11-20(18)33)24-22(27)23(29-32(24)15-21(31)26(2,3)4)17-12-28-30(13-17)16-35-9-10-37(5,6)7/h11-14,21H,8-10,15-16H2,1-7H3/t21-/m0/s1. The molecule has 1 aliphatic heterocycles. The zero-order valence-electron chi connectivity index (χ0n) is 22.7. The minimum Gasteiger partial charge on any atom is -0.462 e. The van der Waals surface area contributed by atoms with Crippen LogP contribution in [0.5, 0.6) is 0 Å². The van der Waals surface area contributed by atoms with E-state index in [-0.39, 0.29) is 23.6 Å². The molecule has 4 rings (SSSR count). The third-order valence-corrected chi connectivity index (χ3v) is 8.58. The van der Waals surface area contributed by atoms with Crippen molar-refractivity contribution in [1.82, 2.24) is 24.1 Å². The summed E-state index contributed by atoms with van der Waals surface area (Å²) < 4.78 is 16.5. The minimum atomic E-state index is -1.16. The van der Waals surface area contributed by atoms with Gasteiger partial charge < -0.3 is 14.0 Å². The first-order valence-electron chi connectivity index (χ1n) is 12.6. The lowest BCUT2D eigenvalue weighted by molar-refractivity contribution is 0.0522. The third-order valence-electron chi connectivity index (χ3n) is 6.52. The van der Waals surface area contributed by atoms with Gasteiger partial charge in [0, 0.05) is 38.7 Å². The maximum atomic E-state index is 12.9. The summed E-state index contributed by atoms with van der Waals surface area (Å²) in [5, 5.41) is 9.69. The smallest absolute Gasteiger partial charge is 0.343 e. The Bertz CT molecular complexity index is 1360. The Labute approximate surface area is 223 Å². The average molecular weight is 546 g/mol. The van der Waals surface area contributed by atoms with Gasteiger partial charge in [0.1, 0.15) is 23.7 Å². The van der Waals surface area contributed by atoms with Crippen LogP contribution in [0.2, 0.25) is 30.7 Å².